The van der Waals surface area contributed by atoms with Gasteiger partial charge in [-0.1, -0.05) is 0 Å². The van der Waals surface area contributed by atoms with Crippen LogP contribution in [0.2, 0.25) is 0 Å². The van der Waals surface area contributed by atoms with Crippen LogP contribution >= 0.6 is 0 Å². The number of rotatable bonds is 5. The van der Waals surface area contributed by atoms with Gasteiger partial charge in [-0.3, -0.25) is 9.59 Å². The van der Waals surface area contributed by atoms with E-state index in [9.17, 15) is 9.59 Å². The van der Waals surface area contributed by atoms with Gasteiger partial charge >= 0.3 is 5.97 Å². The molecule has 6 heteroatoms. The average molecular weight is 291 g/mol. The van der Waals surface area contributed by atoms with Crippen molar-refractivity contribution >= 4 is 11.9 Å². The van der Waals surface area contributed by atoms with E-state index in [2.05, 4.69) is 5.32 Å². The molecule has 0 atom stereocenters. The van der Waals surface area contributed by atoms with Gasteiger partial charge < -0.3 is 18.9 Å². The maximum absolute atomic E-state index is 12.0. The lowest BCUT2D eigenvalue weighted by molar-refractivity contribution is -0.163. The highest BCUT2D eigenvalue weighted by Gasteiger charge is 2.30. The van der Waals surface area contributed by atoms with E-state index in [1.807, 2.05) is 0 Å². The molecule has 0 saturated heterocycles. The zero-order valence-corrected chi connectivity index (χ0v) is 12.1. The molecule has 21 heavy (non-hydrogen) atoms. The van der Waals surface area contributed by atoms with Crippen LogP contribution in [0.4, 0.5) is 0 Å². The summed E-state index contributed by atoms with van der Waals surface area (Å²) in [5.74, 6) is 0.881. The van der Waals surface area contributed by atoms with E-state index in [1.165, 1.54) is 20.8 Å². The molecular formula is C15H17NO5. The topological polar surface area (TPSA) is 81.7 Å². The fourth-order valence-corrected chi connectivity index (χ4v) is 1.81. The Labute approximate surface area is 122 Å². The maximum Gasteiger partial charge on any atom is 0.303 e. The number of furan rings is 2. The van der Waals surface area contributed by atoms with Crippen molar-refractivity contribution < 1.29 is 23.2 Å². The number of esters is 1. The van der Waals surface area contributed by atoms with Gasteiger partial charge in [0.15, 0.2) is 17.1 Å². The summed E-state index contributed by atoms with van der Waals surface area (Å²) in [6, 6.07) is 7.06. The van der Waals surface area contributed by atoms with E-state index < -0.39 is 17.5 Å². The summed E-state index contributed by atoms with van der Waals surface area (Å²) in [4.78, 5) is 22.9. The van der Waals surface area contributed by atoms with Gasteiger partial charge in [-0.05, 0) is 38.1 Å². The van der Waals surface area contributed by atoms with Gasteiger partial charge in [-0.15, -0.1) is 0 Å². The van der Waals surface area contributed by atoms with Gasteiger partial charge in [-0.25, -0.2) is 0 Å². The van der Waals surface area contributed by atoms with Gasteiger partial charge in [0.25, 0.3) is 5.91 Å². The predicted octanol–water partition coefficient (Wildman–Crippen LogP) is 2.50. The molecule has 1 amide bonds. The molecule has 2 aromatic heterocycles. The van der Waals surface area contributed by atoms with Crippen molar-refractivity contribution in [3.63, 3.8) is 0 Å². The number of nitrogens with one attached hydrogen (secondary N) is 1. The normalized spacial score (nSPS) is 11.2. The first kappa shape index (κ1) is 14.9. The molecular weight excluding hydrogens is 274 g/mol. The molecule has 1 N–H and O–H groups in total. The molecule has 0 bridgehead atoms. The fourth-order valence-electron chi connectivity index (χ4n) is 1.81. The number of hydrogen-bond donors (Lipinski definition) is 1. The molecule has 0 fully saturated rings. The molecule has 0 radical (unpaired) electrons. The summed E-state index contributed by atoms with van der Waals surface area (Å²) in [5.41, 5.74) is -1.22. The van der Waals surface area contributed by atoms with Crippen LogP contribution in [0, 0.1) is 0 Å². The van der Waals surface area contributed by atoms with Crippen LogP contribution in [0.5, 0.6) is 0 Å². The summed E-state index contributed by atoms with van der Waals surface area (Å²) >= 11 is 0. The molecule has 0 saturated carbocycles. The Bertz CT molecular complexity index is 624. The number of hydrogen-bond acceptors (Lipinski definition) is 5. The number of carbonyl (C=O) groups excluding carboxylic acids is 2. The van der Waals surface area contributed by atoms with E-state index in [0.29, 0.717) is 17.3 Å². The Morgan fingerprint density at radius 2 is 2.00 bits per heavy atom. The minimum absolute atomic E-state index is 0.199. The van der Waals surface area contributed by atoms with Crippen LogP contribution in [0.3, 0.4) is 0 Å². The Kier molecular flexibility index (Phi) is 4.16. The molecule has 2 rings (SSSR count). The van der Waals surface area contributed by atoms with Crippen LogP contribution in [-0.2, 0) is 20.9 Å². The SMILES string of the molecule is CC(=O)OC(C)(C)C(=O)NCc1ccc(-c2ccco2)o1. The molecule has 0 aliphatic rings. The van der Waals surface area contributed by atoms with Crippen molar-refractivity contribution in [2.45, 2.75) is 32.9 Å². The number of ether oxygens (including phenoxy) is 1. The minimum atomic E-state index is -1.22. The summed E-state index contributed by atoms with van der Waals surface area (Å²) in [6.07, 6.45) is 1.56. The third-order valence-corrected chi connectivity index (χ3v) is 2.79. The number of amides is 1. The van der Waals surface area contributed by atoms with Crippen LogP contribution < -0.4 is 5.32 Å². The van der Waals surface area contributed by atoms with Crippen molar-refractivity contribution in [1.29, 1.82) is 0 Å². The van der Waals surface area contributed by atoms with E-state index >= 15 is 0 Å². The second kappa shape index (κ2) is 5.87. The molecule has 0 aliphatic carbocycles. The third kappa shape index (κ3) is 3.75. The second-order valence-electron chi connectivity index (χ2n) is 5.03. The summed E-state index contributed by atoms with van der Waals surface area (Å²) < 4.78 is 15.7. The predicted molar refractivity (Wildman–Crippen MR) is 74.1 cm³/mol. The monoisotopic (exact) mass is 291 g/mol. The molecule has 0 aromatic carbocycles. The van der Waals surface area contributed by atoms with Crippen molar-refractivity contribution in [3.05, 3.63) is 36.3 Å². The molecule has 2 heterocycles. The standard InChI is InChI=1S/C15H17NO5/c1-10(17)21-15(2,3)14(18)16-9-11-6-7-13(20-11)12-5-4-8-19-12/h4-8H,9H2,1-3H3,(H,16,18). The van der Waals surface area contributed by atoms with Gasteiger partial charge in [0.1, 0.15) is 5.76 Å². The molecule has 0 unspecified atom stereocenters. The average Bonchev–Trinajstić information content (AvgIpc) is 3.04. The highest BCUT2D eigenvalue weighted by atomic mass is 16.6. The molecule has 112 valence electrons. The largest absolute Gasteiger partial charge is 0.461 e. The van der Waals surface area contributed by atoms with Crippen molar-refractivity contribution in [2.75, 3.05) is 0 Å². The van der Waals surface area contributed by atoms with Gasteiger partial charge in [0.2, 0.25) is 0 Å². The first-order valence-corrected chi connectivity index (χ1v) is 6.49. The van der Waals surface area contributed by atoms with Crippen LogP contribution in [0.1, 0.15) is 26.5 Å². The minimum Gasteiger partial charge on any atom is -0.461 e. The van der Waals surface area contributed by atoms with Crippen molar-refractivity contribution in [3.8, 4) is 11.5 Å². The molecule has 0 aliphatic heterocycles. The highest BCUT2D eigenvalue weighted by molar-refractivity contribution is 5.86. The summed E-state index contributed by atoms with van der Waals surface area (Å²) in [7, 11) is 0. The van der Waals surface area contributed by atoms with Crippen molar-refractivity contribution in [1.82, 2.24) is 5.32 Å². The quantitative estimate of drug-likeness (QED) is 0.856. The first-order valence-electron chi connectivity index (χ1n) is 6.49. The second-order valence-corrected chi connectivity index (χ2v) is 5.03. The highest BCUT2D eigenvalue weighted by Crippen LogP contribution is 2.22. The van der Waals surface area contributed by atoms with Gasteiger partial charge in [0, 0.05) is 6.92 Å². The zero-order valence-electron chi connectivity index (χ0n) is 12.1. The zero-order chi connectivity index (χ0) is 15.5. The van der Waals surface area contributed by atoms with E-state index in [4.69, 9.17) is 13.6 Å². The Morgan fingerprint density at radius 1 is 1.24 bits per heavy atom. The van der Waals surface area contributed by atoms with E-state index in [0.717, 1.165) is 0 Å². The van der Waals surface area contributed by atoms with Gasteiger partial charge in [-0.2, -0.15) is 0 Å². The van der Waals surface area contributed by atoms with Crippen LogP contribution in [0.25, 0.3) is 11.5 Å². The molecule has 0 spiro atoms. The Hall–Kier alpha value is -2.50. The third-order valence-electron chi connectivity index (χ3n) is 2.79. The first-order chi connectivity index (χ1) is 9.88. The van der Waals surface area contributed by atoms with Crippen LogP contribution in [0.15, 0.2) is 39.4 Å². The van der Waals surface area contributed by atoms with E-state index in [-0.39, 0.29) is 6.54 Å². The smallest absolute Gasteiger partial charge is 0.303 e. The molecule has 2 aromatic rings. The lowest BCUT2D eigenvalue weighted by Gasteiger charge is -2.22. The lowest BCUT2D eigenvalue weighted by Crippen LogP contribution is -2.44. The Balaban J connectivity index is 1.94. The van der Waals surface area contributed by atoms with Crippen molar-refractivity contribution in [2.24, 2.45) is 0 Å². The van der Waals surface area contributed by atoms with Crippen LogP contribution in [-0.4, -0.2) is 17.5 Å². The summed E-state index contributed by atoms with van der Waals surface area (Å²) in [5, 5.41) is 2.66. The lowest BCUT2D eigenvalue weighted by atomic mass is 10.1. The summed E-state index contributed by atoms with van der Waals surface area (Å²) in [6.45, 7) is 4.52. The molecule has 6 nitrogen and oxygen atoms in total. The van der Waals surface area contributed by atoms with E-state index in [1.54, 1.807) is 30.5 Å². The maximum atomic E-state index is 12.0. The Morgan fingerprint density at radius 3 is 2.62 bits per heavy atom. The fraction of sp³-hybridized carbons (Fsp3) is 0.333. The number of carbonyl (C=O) groups is 2. The van der Waals surface area contributed by atoms with Gasteiger partial charge in [0.05, 0.1) is 12.8 Å².